The average Bonchev–Trinajstić information content (AvgIpc) is 2.64. The van der Waals surface area contributed by atoms with Crippen molar-refractivity contribution < 1.29 is 19.8 Å². The molecule has 5 heteroatoms. The van der Waals surface area contributed by atoms with Crippen molar-refractivity contribution in [3.05, 3.63) is 11.3 Å². The molecule has 120 valence electrons. The van der Waals surface area contributed by atoms with Crippen LogP contribution in [0.5, 0.6) is 0 Å². The maximum absolute atomic E-state index is 12.2. The Morgan fingerprint density at radius 3 is 2.33 bits per heavy atom. The lowest BCUT2D eigenvalue weighted by atomic mass is 9.95. The van der Waals surface area contributed by atoms with Gasteiger partial charge in [0.25, 0.3) is 5.91 Å². The van der Waals surface area contributed by atoms with E-state index in [2.05, 4.69) is 6.92 Å². The van der Waals surface area contributed by atoms with Crippen LogP contribution in [0.1, 0.15) is 52.9 Å². The molecule has 1 fully saturated rings. The molecule has 1 aliphatic heterocycles. The van der Waals surface area contributed by atoms with Crippen LogP contribution in [0.3, 0.4) is 0 Å². The summed E-state index contributed by atoms with van der Waals surface area (Å²) in [6.07, 6.45) is 4.13. The zero-order valence-electron chi connectivity index (χ0n) is 13.4. The Morgan fingerprint density at radius 2 is 1.86 bits per heavy atom. The number of carbonyl (C=O) groups excluding carboxylic acids is 2. The lowest BCUT2D eigenvalue weighted by Crippen LogP contribution is -2.40. The Balaban J connectivity index is 2.85. The summed E-state index contributed by atoms with van der Waals surface area (Å²) in [5.41, 5.74) is -0.147. The van der Waals surface area contributed by atoms with E-state index in [9.17, 15) is 19.8 Å². The van der Waals surface area contributed by atoms with Gasteiger partial charge in [0.1, 0.15) is 17.4 Å². The number of unbranched alkanes of at least 4 members (excludes halogenated alkanes) is 3. The predicted molar refractivity (Wildman–Crippen MR) is 80.8 cm³/mol. The maximum atomic E-state index is 12.2. The van der Waals surface area contributed by atoms with Crippen molar-refractivity contribution in [3.8, 4) is 0 Å². The van der Waals surface area contributed by atoms with Crippen molar-refractivity contribution in [1.29, 1.82) is 0 Å². The number of hydrogen-bond donors (Lipinski definition) is 2. The summed E-state index contributed by atoms with van der Waals surface area (Å²) in [6.45, 7) is 5.43. The molecule has 0 aromatic heterocycles. The Kier molecular flexibility index (Phi) is 6.40. The SMILES string of the molecule is CCCCCCC(C)/C(O)=C1\C(=O)[C@@H]([C@H](C)O)N(C)C1=O. The third-order valence-corrected chi connectivity index (χ3v) is 4.14. The minimum absolute atomic E-state index is 0.128. The van der Waals surface area contributed by atoms with Crippen molar-refractivity contribution in [3.63, 3.8) is 0 Å². The predicted octanol–water partition coefficient (Wildman–Crippen LogP) is 2.20. The van der Waals surface area contributed by atoms with Gasteiger partial charge >= 0.3 is 0 Å². The van der Waals surface area contributed by atoms with Gasteiger partial charge in [-0.25, -0.2) is 0 Å². The monoisotopic (exact) mass is 297 g/mol. The molecule has 1 heterocycles. The quantitative estimate of drug-likeness (QED) is 0.327. The number of allylic oxidation sites excluding steroid dienone is 1. The highest BCUT2D eigenvalue weighted by molar-refractivity contribution is 6.26. The highest BCUT2D eigenvalue weighted by Gasteiger charge is 2.45. The van der Waals surface area contributed by atoms with Crippen LogP contribution in [0.25, 0.3) is 0 Å². The average molecular weight is 297 g/mol. The first-order valence-corrected chi connectivity index (χ1v) is 7.75. The third-order valence-electron chi connectivity index (χ3n) is 4.14. The van der Waals surface area contributed by atoms with Crippen LogP contribution in [-0.4, -0.2) is 46.0 Å². The molecule has 1 unspecified atom stereocenters. The van der Waals surface area contributed by atoms with Crippen LogP contribution in [0.4, 0.5) is 0 Å². The molecule has 1 amide bonds. The lowest BCUT2D eigenvalue weighted by molar-refractivity contribution is -0.128. The molecule has 0 radical (unpaired) electrons. The molecule has 1 saturated heterocycles. The molecule has 5 nitrogen and oxygen atoms in total. The molecule has 0 bridgehead atoms. The zero-order chi connectivity index (χ0) is 16.2. The van der Waals surface area contributed by atoms with Gasteiger partial charge in [0.15, 0.2) is 5.78 Å². The fourth-order valence-electron chi connectivity index (χ4n) is 2.77. The Labute approximate surface area is 126 Å². The summed E-state index contributed by atoms with van der Waals surface area (Å²) < 4.78 is 0. The first kappa shape index (κ1) is 17.7. The third kappa shape index (κ3) is 3.84. The Morgan fingerprint density at radius 1 is 1.24 bits per heavy atom. The second-order valence-electron chi connectivity index (χ2n) is 5.98. The van der Waals surface area contributed by atoms with Crippen molar-refractivity contribution in [2.45, 2.75) is 65.0 Å². The van der Waals surface area contributed by atoms with Gasteiger partial charge < -0.3 is 15.1 Å². The van der Waals surface area contributed by atoms with E-state index in [0.29, 0.717) is 0 Å². The molecule has 0 spiro atoms. The van der Waals surface area contributed by atoms with Gasteiger partial charge in [-0.3, -0.25) is 9.59 Å². The number of likely N-dealkylation sites (N-methyl/N-ethyl adjacent to an activating group) is 1. The molecule has 1 rings (SSSR count). The van der Waals surface area contributed by atoms with Gasteiger partial charge in [0, 0.05) is 13.0 Å². The fourth-order valence-corrected chi connectivity index (χ4v) is 2.77. The van der Waals surface area contributed by atoms with E-state index in [1.54, 1.807) is 0 Å². The zero-order valence-corrected chi connectivity index (χ0v) is 13.4. The minimum atomic E-state index is -0.948. The summed E-state index contributed by atoms with van der Waals surface area (Å²) >= 11 is 0. The van der Waals surface area contributed by atoms with Crippen LogP contribution >= 0.6 is 0 Å². The molecule has 0 aromatic carbocycles. The molecular weight excluding hydrogens is 270 g/mol. The normalized spacial score (nSPS) is 24.4. The summed E-state index contributed by atoms with van der Waals surface area (Å²) in [5.74, 6) is -1.32. The Hall–Kier alpha value is -1.36. The van der Waals surface area contributed by atoms with Crippen molar-refractivity contribution in [2.75, 3.05) is 7.05 Å². The van der Waals surface area contributed by atoms with Gasteiger partial charge in [-0.1, -0.05) is 39.5 Å². The number of likely N-dealkylation sites (tertiary alicyclic amines) is 1. The first-order valence-electron chi connectivity index (χ1n) is 7.75. The number of rotatable bonds is 7. The molecule has 3 atom stereocenters. The van der Waals surface area contributed by atoms with E-state index in [1.165, 1.54) is 18.9 Å². The van der Waals surface area contributed by atoms with E-state index >= 15 is 0 Å². The number of Topliss-reactive ketones (excluding diaryl/α,β-unsaturated/α-hetero) is 1. The van der Waals surface area contributed by atoms with E-state index in [-0.39, 0.29) is 17.3 Å². The van der Waals surface area contributed by atoms with Gasteiger partial charge in [-0.2, -0.15) is 0 Å². The van der Waals surface area contributed by atoms with Crippen LogP contribution in [-0.2, 0) is 9.59 Å². The molecular formula is C16H27NO4. The molecule has 2 N–H and O–H groups in total. The smallest absolute Gasteiger partial charge is 0.261 e. The van der Waals surface area contributed by atoms with E-state index < -0.39 is 23.8 Å². The number of carbonyl (C=O) groups is 2. The highest BCUT2D eigenvalue weighted by atomic mass is 16.3. The summed E-state index contributed by atoms with van der Waals surface area (Å²) in [4.78, 5) is 25.6. The van der Waals surface area contributed by atoms with Crippen LogP contribution in [0.15, 0.2) is 11.3 Å². The van der Waals surface area contributed by atoms with Crippen LogP contribution in [0, 0.1) is 5.92 Å². The summed E-state index contributed by atoms with van der Waals surface area (Å²) in [5, 5.41) is 19.9. The second-order valence-corrected chi connectivity index (χ2v) is 5.98. The standard InChI is InChI=1S/C16H27NO4/c1-5-6-7-8-9-10(2)14(19)12-15(20)13(11(3)18)17(4)16(12)21/h10-11,13,18-19H,5-9H2,1-4H3/b14-12-/t10?,11-,13+/m0/s1. The van der Waals surface area contributed by atoms with Gasteiger partial charge in [-0.05, 0) is 13.3 Å². The summed E-state index contributed by atoms with van der Waals surface area (Å²) in [6, 6.07) is -0.887. The lowest BCUT2D eigenvalue weighted by Gasteiger charge is -2.19. The van der Waals surface area contributed by atoms with Crippen LogP contribution in [0.2, 0.25) is 0 Å². The molecule has 0 saturated carbocycles. The number of amides is 1. The van der Waals surface area contributed by atoms with Crippen molar-refractivity contribution in [1.82, 2.24) is 4.90 Å². The van der Waals surface area contributed by atoms with Gasteiger partial charge in [0.05, 0.1) is 6.10 Å². The van der Waals surface area contributed by atoms with Crippen molar-refractivity contribution >= 4 is 11.7 Å². The Bertz CT molecular complexity index is 428. The minimum Gasteiger partial charge on any atom is -0.511 e. The number of ketones is 1. The van der Waals surface area contributed by atoms with E-state index in [0.717, 1.165) is 32.1 Å². The fraction of sp³-hybridized carbons (Fsp3) is 0.750. The topological polar surface area (TPSA) is 77.8 Å². The molecule has 1 aliphatic rings. The first-order chi connectivity index (χ1) is 9.82. The second kappa shape index (κ2) is 7.59. The number of aliphatic hydroxyl groups is 2. The van der Waals surface area contributed by atoms with Gasteiger partial charge in [0.2, 0.25) is 0 Å². The van der Waals surface area contributed by atoms with Crippen molar-refractivity contribution in [2.24, 2.45) is 5.92 Å². The highest BCUT2D eigenvalue weighted by Crippen LogP contribution is 2.28. The van der Waals surface area contributed by atoms with Gasteiger partial charge in [-0.15, -0.1) is 0 Å². The number of aliphatic hydroxyl groups excluding tert-OH is 2. The number of nitrogens with zero attached hydrogens (tertiary/aromatic N) is 1. The van der Waals surface area contributed by atoms with Crippen LogP contribution < -0.4 is 0 Å². The number of hydrogen-bond acceptors (Lipinski definition) is 4. The maximum Gasteiger partial charge on any atom is 0.261 e. The largest absolute Gasteiger partial charge is 0.511 e. The molecule has 21 heavy (non-hydrogen) atoms. The van der Waals surface area contributed by atoms with E-state index in [1.807, 2.05) is 6.92 Å². The molecule has 0 aliphatic carbocycles. The molecule has 0 aromatic rings. The summed E-state index contributed by atoms with van der Waals surface area (Å²) in [7, 11) is 1.48. The van der Waals surface area contributed by atoms with E-state index in [4.69, 9.17) is 0 Å².